The Morgan fingerprint density at radius 1 is 0.654 bits per heavy atom. The third-order valence-corrected chi connectivity index (χ3v) is 3.07. The van der Waals surface area contributed by atoms with Crippen molar-refractivity contribution >= 4 is 11.9 Å². The van der Waals surface area contributed by atoms with Crippen LogP contribution in [0.4, 0.5) is 0 Å². The first-order valence-electron chi connectivity index (χ1n) is 7.28. The van der Waals surface area contributed by atoms with Gasteiger partial charge in [0.25, 0.3) is 0 Å². The van der Waals surface area contributed by atoms with Crippen molar-refractivity contribution in [2.24, 2.45) is 0 Å². The number of hydrogen-bond acceptors (Lipinski definition) is 8. The fraction of sp³-hybridized carbons (Fsp3) is 0.111. The van der Waals surface area contributed by atoms with Crippen LogP contribution in [-0.2, 0) is 19.6 Å². The SMILES string of the molecule is C=C(OOC(=O)c1ccc(OC)cc1)OOC(=O)c1ccc(OC)cc1. The molecule has 0 bridgehead atoms. The molecule has 8 heteroatoms. The number of carbonyl (C=O) groups excluding carboxylic acids is 2. The molecule has 0 aliphatic carbocycles. The van der Waals surface area contributed by atoms with E-state index in [1.54, 1.807) is 24.3 Å². The minimum atomic E-state index is -0.793. The first-order valence-corrected chi connectivity index (χ1v) is 7.28. The summed E-state index contributed by atoms with van der Waals surface area (Å²) < 4.78 is 9.96. The van der Waals surface area contributed by atoms with Crippen molar-refractivity contribution in [3.05, 3.63) is 72.2 Å². The van der Waals surface area contributed by atoms with Crippen molar-refractivity contribution in [1.29, 1.82) is 0 Å². The van der Waals surface area contributed by atoms with E-state index in [4.69, 9.17) is 9.47 Å². The lowest BCUT2D eigenvalue weighted by Crippen LogP contribution is -2.10. The topological polar surface area (TPSA) is 89.5 Å². The molecular weight excluding hydrogens is 344 g/mol. The van der Waals surface area contributed by atoms with Gasteiger partial charge in [-0.2, -0.15) is 0 Å². The van der Waals surface area contributed by atoms with Gasteiger partial charge in [-0.25, -0.2) is 29.1 Å². The van der Waals surface area contributed by atoms with Crippen LogP contribution in [0.1, 0.15) is 20.7 Å². The van der Waals surface area contributed by atoms with Crippen LogP contribution in [0, 0.1) is 0 Å². The van der Waals surface area contributed by atoms with Crippen LogP contribution < -0.4 is 9.47 Å². The number of hydrogen-bond donors (Lipinski definition) is 0. The molecule has 2 rings (SSSR count). The summed E-state index contributed by atoms with van der Waals surface area (Å²) in [7, 11) is 3.01. The number of rotatable bonds is 8. The molecule has 0 aliphatic rings. The van der Waals surface area contributed by atoms with E-state index in [0.717, 1.165) is 0 Å². The van der Waals surface area contributed by atoms with E-state index in [1.807, 2.05) is 0 Å². The second-order valence-electron chi connectivity index (χ2n) is 4.74. The van der Waals surface area contributed by atoms with Crippen molar-refractivity contribution in [3.63, 3.8) is 0 Å². The Labute approximate surface area is 149 Å². The number of benzene rings is 2. The maximum atomic E-state index is 11.8. The highest BCUT2D eigenvalue weighted by molar-refractivity contribution is 5.89. The summed E-state index contributed by atoms with van der Waals surface area (Å²) >= 11 is 0. The Kier molecular flexibility index (Phi) is 6.44. The van der Waals surface area contributed by atoms with E-state index in [9.17, 15) is 9.59 Å². The van der Waals surface area contributed by atoms with Gasteiger partial charge >= 0.3 is 17.9 Å². The van der Waals surface area contributed by atoms with Gasteiger partial charge in [-0.3, -0.25) is 0 Å². The van der Waals surface area contributed by atoms with Gasteiger partial charge in [0.2, 0.25) is 0 Å². The average Bonchev–Trinajstić information content (AvgIpc) is 2.70. The van der Waals surface area contributed by atoms with Crippen molar-refractivity contribution < 1.29 is 38.6 Å². The van der Waals surface area contributed by atoms with Crippen LogP contribution >= 0.6 is 0 Å². The van der Waals surface area contributed by atoms with E-state index < -0.39 is 17.9 Å². The molecule has 0 unspecified atom stereocenters. The second-order valence-corrected chi connectivity index (χ2v) is 4.74. The van der Waals surface area contributed by atoms with E-state index in [-0.39, 0.29) is 11.1 Å². The maximum Gasteiger partial charge on any atom is 0.386 e. The quantitative estimate of drug-likeness (QED) is 0.403. The summed E-state index contributed by atoms with van der Waals surface area (Å²) in [5.74, 6) is -0.951. The van der Waals surface area contributed by atoms with Crippen LogP contribution in [0.2, 0.25) is 0 Å². The summed E-state index contributed by atoms with van der Waals surface area (Å²) in [4.78, 5) is 41.7. The normalized spacial score (nSPS) is 9.62. The van der Waals surface area contributed by atoms with Crippen molar-refractivity contribution in [3.8, 4) is 11.5 Å². The molecule has 26 heavy (non-hydrogen) atoms. The summed E-state index contributed by atoms with van der Waals surface area (Å²) in [6.07, 6.45) is 0. The van der Waals surface area contributed by atoms with Gasteiger partial charge in [-0.15, -0.1) is 0 Å². The molecule has 0 spiro atoms. The molecule has 0 fully saturated rings. The highest BCUT2D eigenvalue weighted by Gasteiger charge is 2.13. The lowest BCUT2D eigenvalue weighted by Gasteiger charge is -2.07. The van der Waals surface area contributed by atoms with Crippen LogP contribution in [0.25, 0.3) is 0 Å². The highest BCUT2D eigenvalue weighted by atomic mass is 17.3. The van der Waals surface area contributed by atoms with Gasteiger partial charge in [0, 0.05) is 0 Å². The van der Waals surface area contributed by atoms with E-state index >= 15 is 0 Å². The molecule has 2 aromatic rings. The molecule has 0 N–H and O–H groups in total. The van der Waals surface area contributed by atoms with Gasteiger partial charge in [0.15, 0.2) is 0 Å². The predicted molar refractivity (Wildman–Crippen MR) is 88.1 cm³/mol. The summed E-state index contributed by atoms with van der Waals surface area (Å²) in [5.41, 5.74) is 0.433. The fourth-order valence-corrected chi connectivity index (χ4v) is 1.73. The second kappa shape index (κ2) is 8.97. The van der Waals surface area contributed by atoms with Crippen molar-refractivity contribution in [1.82, 2.24) is 0 Å². The molecule has 2 aromatic carbocycles. The Hall–Kier alpha value is -3.68. The minimum absolute atomic E-state index is 0.217. The molecule has 0 aromatic heterocycles. The molecule has 0 heterocycles. The highest BCUT2D eigenvalue weighted by Crippen LogP contribution is 2.14. The molecule has 0 amide bonds. The van der Waals surface area contributed by atoms with Gasteiger partial charge in [-0.05, 0) is 55.1 Å². The van der Waals surface area contributed by atoms with Crippen molar-refractivity contribution in [2.75, 3.05) is 14.2 Å². The molecule has 0 saturated heterocycles. The molecule has 0 atom stereocenters. The zero-order chi connectivity index (χ0) is 18.9. The Morgan fingerprint density at radius 2 is 1.00 bits per heavy atom. The predicted octanol–water partition coefficient (Wildman–Crippen LogP) is 3.05. The van der Waals surface area contributed by atoms with Gasteiger partial charge in [0.1, 0.15) is 11.5 Å². The van der Waals surface area contributed by atoms with Crippen LogP contribution in [0.3, 0.4) is 0 Å². The zero-order valence-electron chi connectivity index (χ0n) is 14.1. The Bertz CT molecular complexity index is 699. The molecule has 0 saturated carbocycles. The van der Waals surface area contributed by atoms with E-state index in [1.165, 1.54) is 38.5 Å². The standard InChI is InChI=1S/C18H16O8/c1-12(23-25-17(19)13-4-8-15(21-2)9-5-13)24-26-18(20)14-6-10-16(22-3)11-7-14/h4-11H,1H2,2-3H3. The summed E-state index contributed by atoms with van der Waals surface area (Å²) in [6.45, 7) is 3.30. The lowest BCUT2D eigenvalue weighted by atomic mass is 10.2. The van der Waals surface area contributed by atoms with Gasteiger partial charge < -0.3 is 9.47 Å². The van der Waals surface area contributed by atoms with Gasteiger partial charge in [-0.1, -0.05) is 0 Å². The number of ether oxygens (including phenoxy) is 2. The molecule has 8 nitrogen and oxygen atoms in total. The number of methoxy groups -OCH3 is 2. The molecule has 136 valence electrons. The molecular formula is C18H16O8. The van der Waals surface area contributed by atoms with Crippen LogP contribution in [0.5, 0.6) is 11.5 Å². The average molecular weight is 360 g/mol. The lowest BCUT2D eigenvalue weighted by molar-refractivity contribution is -0.317. The minimum Gasteiger partial charge on any atom is -0.497 e. The van der Waals surface area contributed by atoms with Crippen molar-refractivity contribution in [2.45, 2.75) is 0 Å². The fourth-order valence-electron chi connectivity index (χ4n) is 1.73. The van der Waals surface area contributed by atoms with Crippen LogP contribution in [0.15, 0.2) is 61.1 Å². The Balaban J connectivity index is 1.77. The number of carbonyl (C=O) groups is 2. The first-order chi connectivity index (χ1) is 12.5. The van der Waals surface area contributed by atoms with E-state index in [0.29, 0.717) is 11.5 Å². The zero-order valence-corrected chi connectivity index (χ0v) is 14.1. The Morgan fingerprint density at radius 3 is 1.31 bits per heavy atom. The first kappa shape index (κ1) is 18.7. The van der Waals surface area contributed by atoms with E-state index in [2.05, 4.69) is 26.1 Å². The van der Waals surface area contributed by atoms with Gasteiger partial charge in [0.05, 0.1) is 25.3 Å². The smallest absolute Gasteiger partial charge is 0.386 e. The summed E-state index contributed by atoms with van der Waals surface area (Å²) in [5, 5.41) is 0. The van der Waals surface area contributed by atoms with Crippen LogP contribution in [-0.4, -0.2) is 26.2 Å². The molecule has 0 aliphatic heterocycles. The molecule has 0 radical (unpaired) electrons. The summed E-state index contributed by atoms with van der Waals surface area (Å²) in [6, 6.07) is 12.3. The maximum absolute atomic E-state index is 11.8. The monoisotopic (exact) mass is 360 g/mol. The third-order valence-electron chi connectivity index (χ3n) is 3.07. The largest absolute Gasteiger partial charge is 0.497 e. The third kappa shape index (κ3) is 5.17.